The zero-order valence-corrected chi connectivity index (χ0v) is 20.9. The molecule has 4 aromatic rings. The van der Waals surface area contributed by atoms with Crippen molar-refractivity contribution in [2.45, 2.75) is 57.2 Å². The number of benzene rings is 1. The minimum atomic E-state index is -4.56. The highest BCUT2D eigenvalue weighted by atomic mass is 32.1. The van der Waals surface area contributed by atoms with Crippen LogP contribution in [0, 0.1) is 12.8 Å². The molecule has 37 heavy (non-hydrogen) atoms. The fourth-order valence-electron chi connectivity index (χ4n) is 4.78. The van der Waals surface area contributed by atoms with E-state index in [9.17, 15) is 18.3 Å². The lowest BCUT2D eigenvalue weighted by Crippen LogP contribution is -2.34. The number of aryl methyl sites for hydroxylation is 1. The summed E-state index contributed by atoms with van der Waals surface area (Å²) < 4.78 is 39.1. The van der Waals surface area contributed by atoms with Gasteiger partial charge in [-0.1, -0.05) is 11.3 Å². The Balaban J connectivity index is 1.32. The van der Waals surface area contributed by atoms with Crippen LogP contribution in [0.3, 0.4) is 0 Å². The van der Waals surface area contributed by atoms with Crippen molar-refractivity contribution in [1.29, 1.82) is 0 Å². The topological polar surface area (TPSA) is 125 Å². The summed E-state index contributed by atoms with van der Waals surface area (Å²) in [7, 11) is 0. The van der Waals surface area contributed by atoms with Crippen LogP contribution in [0.15, 0.2) is 36.7 Å². The third-order valence-electron chi connectivity index (χ3n) is 6.75. The number of hydrogen-bond donors (Lipinski definition) is 3. The number of rotatable bonds is 6. The summed E-state index contributed by atoms with van der Waals surface area (Å²) in [6.45, 7) is 3.70. The SMILES string of the molecule is Cc1cc(Nc2nccc(C(F)(F)F)n2)cc(-c2cnc(C(C)(O)C3CCC(c4nn[nH]n4)CC3)s2)c1. The molecule has 5 rings (SSSR count). The van der Waals surface area contributed by atoms with Gasteiger partial charge in [-0.05, 0) is 74.8 Å². The van der Waals surface area contributed by atoms with Crippen LogP contribution in [-0.4, -0.2) is 40.7 Å². The first-order chi connectivity index (χ1) is 17.6. The second-order valence-corrected chi connectivity index (χ2v) is 10.5. The molecule has 1 aliphatic carbocycles. The lowest BCUT2D eigenvalue weighted by molar-refractivity contribution is -0.141. The van der Waals surface area contributed by atoms with E-state index in [1.54, 1.807) is 18.3 Å². The number of thiazole rings is 1. The lowest BCUT2D eigenvalue weighted by Gasteiger charge is -2.36. The maximum absolute atomic E-state index is 13.0. The fourth-order valence-corrected chi connectivity index (χ4v) is 5.80. The summed E-state index contributed by atoms with van der Waals surface area (Å²) in [6.07, 6.45) is 1.60. The molecule has 3 aromatic heterocycles. The second kappa shape index (κ2) is 9.78. The zero-order chi connectivity index (χ0) is 26.2. The predicted octanol–water partition coefficient (Wildman–Crippen LogP) is 5.37. The number of tetrazole rings is 1. The smallest absolute Gasteiger partial charge is 0.383 e. The monoisotopic (exact) mass is 530 g/mol. The van der Waals surface area contributed by atoms with Crippen LogP contribution in [0.5, 0.6) is 0 Å². The first-order valence-corrected chi connectivity index (χ1v) is 12.6. The van der Waals surface area contributed by atoms with E-state index in [0.717, 1.165) is 54.0 Å². The van der Waals surface area contributed by atoms with Crippen molar-refractivity contribution < 1.29 is 18.3 Å². The van der Waals surface area contributed by atoms with Gasteiger partial charge in [-0.25, -0.2) is 15.0 Å². The Morgan fingerprint density at radius 3 is 2.59 bits per heavy atom. The highest BCUT2D eigenvalue weighted by molar-refractivity contribution is 7.15. The fraction of sp³-hybridized carbons (Fsp3) is 0.417. The molecule has 0 aliphatic heterocycles. The lowest BCUT2D eigenvalue weighted by atomic mass is 9.74. The first-order valence-electron chi connectivity index (χ1n) is 11.8. The van der Waals surface area contributed by atoms with E-state index in [2.05, 4.69) is 40.9 Å². The molecule has 3 heterocycles. The molecular formula is C24H25F3N8OS. The van der Waals surface area contributed by atoms with Gasteiger partial charge in [0.15, 0.2) is 5.82 Å². The Bertz CT molecular complexity index is 1360. The largest absolute Gasteiger partial charge is 0.433 e. The van der Waals surface area contributed by atoms with Crippen LogP contribution in [0.4, 0.5) is 24.8 Å². The van der Waals surface area contributed by atoms with E-state index < -0.39 is 17.5 Å². The summed E-state index contributed by atoms with van der Waals surface area (Å²) in [5.74, 6) is 0.851. The highest BCUT2D eigenvalue weighted by Gasteiger charge is 2.39. The average Bonchev–Trinajstić information content (AvgIpc) is 3.57. The molecule has 194 valence electrons. The molecule has 0 spiro atoms. The van der Waals surface area contributed by atoms with E-state index in [0.29, 0.717) is 16.5 Å². The standard InChI is InChI=1S/C24H25F3N8OS/c1-13-9-15(11-17(10-13)30-22-28-8-7-19(31-22)24(25,26)27)18-12-29-21(37-18)23(2,36)16-5-3-14(4-6-16)20-32-34-35-33-20/h7-12,14,16,36H,3-6H2,1-2H3,(H,28,30,31)(H,32,33,34,35). The maximum Gasteiger partial charge on any atom is 0.433 e. The van der Waals surface area contributed by atoms with E-state index in [1.807, 2.05) is 19.9 Å². The Morgan fingerprint density at radius 2 is 1.89 bits per heavy atom. The number of nitrogens with zero attached hydrogens (tertiary/aromatic N) is 6. The van der Waals surface area contributed by atoms with Gasteiger partial charge >= 0.3 is 6.18 Å². The van der Waals surface area contributed by atoms with Gasteiger partial charge in [0.05, 0.1) is 4.88 Å². The number of hydrogen-bond acceptors (Lipinski definition) is 9. The molecule has 1 fully saturated rings. The third-order valence-corrected chi connectivity index (χ3v) is 8.02. The molecule has 3 N–H and O–H groups in total. The van der Waals surface area contributed by atoms with Crippen molar-refractivity contribution in [3.05, 3.63) is 58.7 Å². The Morgan fingerprint density at radius 1 is 1.11 bits per heavy atom. The van der Waals surface area contributed by atoms with Crippen LogP contribution in [0.1, 0.15) is 60.6 Å². The highest BCUT2D eigenvalue weighted by Crippen LogP contribution is 2.45. The number of aliphatic hydroxyl groups is 1. The summed E-state index contributed by atoms with van der Waals surface area (Å²) in [4.78, 5) is 12.9. The van der Waals surface area contributed by atoms with Crippen molar-refractivity contribution >= 4 is 23.0 Å². The molecule has 0 radical (unpaired) electrons. The number of halogens is 3. The first kappa shape index (κ1) is 25.2. The molecule has 1 aromatic carbocycles. The third kappa shape index (κ3) is 5.47. The van der Waals surface area contributed by atoms with Crippen LogP contribution < -0.4 is 5.32 Å². The summed E-state index contributed by atoms with van der Waals surface area (Å²) >= 11 is 1.41. The molecule has 0 bridgehead atoms. The van der Waals surface area contributed by atoms with Gasteiger partial charge in [-0.2, -0.15) is 18.4 Å². The van der Waals surface area contributed by atoms with Crippen LogP contribution in [-0.2, 0) is 11.8 Å². The van der Waals surface area contributed by atoms with Gasteiger partial charge in [-0.3, -0.25) is 0 Å². The van der Waals surface area contributed by atoms with E-state index in [1.165, 1.54) is 11.3 Å². The molecule has 1 aliphatic rings. The average molecular weight is 531 g/mol. The Kier molecular flexibility index (Phi) is 6.67. The minimum Gasteiger partial charge on any atom is -0.383 e. The van der Waals surface area contributed by atoms with Gasteiger partial charge < -0.3 is 10.4 Å². The minimum absolute atomic E-state index is 0.0439. The maximum atomic E-state index is 13.0. The van der Waals surface area contributed by atoms with E-state index >= 15 is 0 Å². The Labute approximate surface area is 214 Å². The van der Waals surface area contributed by atoms with Crippen LogP contribution in [0.2, 0.25) is 0 Å². The summed E-state index contributed by atoms with van der Waals surface area (Å²) in [5, 5.41) is 29.3. The van der Waals surface area contributed by atoms with Gasteiger partial charge in [0.25, 0.3) is 0 Å². The number of aromatic nitrogens is 7. The number of alkyl halides is 3. The van der Waals surface area contributed by atoms with Gasteiger partial charge in [0, 0.05) is 24.0 Å². The molecule has 13 heteroatoms. The van der Waals surface area contributed by atoms with E-state index in [-0.39, 0.29) is 17.8 Å². The van der Waals surface area contributed by atoms with Gasteiger partial charge in [0.2, 0.25) is 5.95 Å². The molecule has 0 saturated heterocycles. The van der Waals surface area contributed by atoms with Crippen LogP contribution >= 0.6 is 11.3 Å². The molecule has 9 nitrogen and oxygen atoms in total. The molecule has 1 saturated carbocycles. The van der Waals surface area contributed by atoms with Crippen molar-refractivity contribution in [2.24, 2.45) is 5.92 Å². The number of aromatic amines is 1. The van der Waals surface area contributed by atoms with Gasteiger partial charge in [-0.15, -0.1) is 21.5 Å². The second-order valence-electron chi connectivity index (χ2n) is 9.47. The van der Waals surface area contributed by atoms with Gasteiger partial charge in [0.1, 0.15) is 16.3 Å². The molecular weight excluding hydrogens is 505 g/mol. The Hall–Kier alpha value is -3.45. The number of H-pyrrole nitrogens is 1. The zero-order valence-electron chi connectivity index (χ0n) is 20.1. The van der Waals surface area contributed by atoms with Crippen LogP contribution in [0.25, 0.3) is 10.4 Å². The summed E-state index contributed by atoms with van der Waals surface area (Å²) in [6, 6.07) is 6.39. The number of nitrogens with one attached hydrogen (secondary N) is 2. The molecule has 0 amide bonds. The quantitative estimate of drug-likeness (QED) is 0.304. The van der Waals surface area contributed by atoms with Crippen molar-refractivity contribution in [3.8, 4) is 10.4 Å². The van der Waals surface area contributed by atoms with Crippen molar-refractivity contribution in [3.63, 3.8) is 0 Å². The predicted molar refractivity (Wildman–Crippen MR) is 131 cm³/mol. The summed E-state index contributed by atoms with van der Waals surface area (Å²) in [5.41, 5.74) is 0.166. The molecule has 1 unspecified atom stereocenters. The van der Waals surface area contributed by atoms with Crippen molar-refractivity contribution in [1.82, 2.24) is 35.6 Å². The normalized spacial score (nSPS) is 19.9. The van der Waals surface area contributed by atoms with Crippen molar-refractivity contribution in [2.75, 3.05) is 5.32 Å². The molecule has 1 atom stereocenters. The number of anilines is 2. The van der Waals surface area contributed by atoms with E-state index in [4.69, 9.17) is 0 Å².